The van der Waals surface area contributed by atoms with Gasteiger partial charge < -0.3 is 16.4 Å². The van der Waals surface area contributed by atoms with E-state index in [1.807, 2.05) is 0 Å². The Morgan fingerprint density at radius 1 is 1.17 bits per heavy atom. The number of hydrogen-bond acceptors (Lipinski definition) is 6. The topological polar surface area (TPSA) is 115 Å². The number of alkyl halides is 3. The molecule has 1 aromatic carbocycles. The molecule has 4 rings (SSSR count). The number of rotatable bonds is 4. The molecule has 1 amide bonds. The van der Waals surface area contributed by atoms with Gasteiger partial charge in [0.05, 0.1) is 23.1 Å². The third kappa shape index (κ3) is 5.11. The van der Waals surface area contributed by atoms with Gasteiger partial charge in [-0.3, -0.25) is 19.1 Å². The summed E-state index contributed by atoms with van der Waals surface area (Å²) in [6.07, 6.45) is 2.87. The van der Waals surface area contributed by atoms with Gasteiger partial charge in [-0.15, -0.1) is 0 Å². The molecule has 0 radical (unpaired) electrons. The van der Waals surface area contributed by atoms with Crippen molar-refractivity contribution in [2.24, 2.45) is 0 Å². The second-order valence-electron chi connectivity index (χ2n) is 9.15. The first-order chi connectivity index (χ1) is 17.0. The van der Waals surface area contributed by atoms with Gasteiger partial charge in [0.2, 0.25) is 0 Å². The minimum absolute atomic E-state index is 0.101. The predicted molar refractivity (Wildman–Crippen MR) is 130 cm³/mol. The van der Waals surface area contributed by atoms with Crippen molar-refractivity contribution in [3.63, 3.8) is 0 Å². The molecule has 190 valence electrons. The van der Waals surface area contributed by atoms with Gasteiger partial charge in [0.25, 0.3) is 11.5 Å². The third-order valence-corrected chi connectivity index (χ3v) is 6.32. The van der Waals surface area contributed by atoms with Crippen molar-refractivity contribution in [2.75, 3.05) is 11.1 Å². The normalized spacial score (nSPS) is 18.2. The highest BCUT2D eigenvalue weighted by Gasteiger charge is 2.32. The lowest BCUT2D eigenvalue weighted by Gasteiger charge is -2.29. The number of carbonyl (C=O) groups excluding carboxylic acids is 1. The van der Waals surface area contributed by atoms with Gasteiger partial charge in [-0.2, -0.15) is 13.2 Å². The van der Waals surface area contributed by atoms with Crippen molar-refractivity contribution < 1.29 is 18.0 Å². The predicted octanol–water partition coefficient (Wildman–Crippen LogP) is 4.30. The molecule has 1 fully saturated rings. The first kappa shape index (κ1) is 25.4. The number of aryl methyl sites for hydroxylation is 2. The van der Waals surface area contributed by atoms with Crippen LogP contribution < -0.4 is 21.9 Å². The lowest BCUT2D eigenvalue weighted by molar-refractivity contribution is -0.137. The van der Waals surface area contributed by atoms with Gasteiger partial charge >= 0.3 is 6.18 Å². The molecule has 0 aliphatic carbocycles. The maximum Gasteiger partial charge on any atom is 0.416 e. The van der Waals surface area contributed by atoms with Crippen molar-refractivity contribution in [1.82, 2.24) is 19.9 Å². The van der Waals surface area contributed by atoms with Crippen molar-refractivity contribution >= 4 is 17.4 Å². The molecule has 2 atom stereocenters. The highest BCUT2D eigenvalue weighted by Crippen LogP contribution is 2.33. The Labute approximate surface area is 205 Å². The molecule has 0 spiro atoms. The van der Waals surface area contributed by atoms with Gasteiger partial charge in [-0.1, -0.05) is 6.42 Å². The summed E-state index contributed by atoms with van der Waals surface area (Å²) < 4.78 is 40.6. The van der Waals surface area contributed by atoms with Gasteiger partial charge in [-0.05, 0) is 68.5 Å². The number of pyridine rings is 1. The molecule has 0 unspecified atom stereocenters. The molecule has 3 heterocycles. The minimum atomic E-state index is -4.53. The number of carbonyl (C=O) groups is 1. The van der Waals surface area contributed by atoms with Crippen LogP contribution in [0.5, 0.6) is 0 Å². The van der Waals surface area contributed by atoms with Crippen LogP contribution in [0.1, 0.15) is 64.8 Å². The average Bonchev–Trinajstić information content (AvgIpc) is 2.79. The monoisotopic (exact) mass is 500 g/mol. The zero-order chi connectivity index (χ0) is 26.2. The van der Waals surface area contributed by atoms with E-state index in [9.17, 15) is 22.8 Å². The third-order valence-electron chi connectivity index (χ3n) is 6.32. The Kier molecular flexibility index (Phi) is 6.85. The van der Waals surface area contributed by atoms with E-state index in [1.54, 1.807) is 12.3 Å². The number of halogens is 3. The smallest absolute Gasteiger partial charge is 0.383 e. The fraction of sp³-hybridized carbons (Fsp3) is 0.360. The quantitative estimate of drug-likeness (QED) is 0.492. The second-order valence-corrected chi connectivity index (χ2v) is 9.15. The fourth-order valence-corrected chi connectivity index (χ4v) is 4.65. The van der Waals surface area contributed by atoms with Crippen LogP contribution in [0.3, 0.4) is 0 Å². The van der Waals surface area contributed by atoms with Crippen LogP contribution in [0, 0.1) is 13.8 Å². The number of anilines is 2. The van der Waals surface area contributed by atoms with Gasteiger partial charge in [0.15, 0.2) is 0 Å². The molecular weight excluding hydrogens is 473 g/mol. The molecule has 8 nitrogen and oxygen atoms in total. The molecule has 0 bridgehead atoms. The Hall–Kier alpha value is -3.73. The molecule has 2 aromatic heterocycles. The van der Waals surface area contributed by atoms with Crippen LogP contribution in [-0.2, 0) is 6.18 Å². The molecule has 0 saturated carbocycles. The SMILES string of the molecule is Cc1cc(C(F)(F)F)cc(C)c1-n1cnc(N)c(C(=O)Nc2cncc([C@H]3CCC[C@@H](C)N3)c2)c1=O. The Morgan fingerprint density at radius 2 is 1.86 bits per heavy atom. The lowest BCUT2D eigenvalue weighted by Crippen LogP contribution is -2.34. The lowest BCUT2D eigenvalue weighted by atomic mass is 9.95. The molecule has 1 aliphatic heterocycles. The van der Waals surface area contributed by atoms with Crippen molar-refractivity contribution in [1.29, 1.82) is 0 Å². The molecule has 11 heteroatoms. The number of hydrogen-bond donors (Lipinski definition) is 3. The number of nitrogens with one attached hydrogen (secondary N) is 2. The zero-order valence-corrected chi connectivity index (χ0v) is 20.1. The number of aromatic nitrogens is 3. The number of amides is 1. The van der Waals surface area contributed by atoms with E-state index in [4.69, 9.17) is 5.73 Å². The summed E-state index contributed by atoms with van der Waals surface area (Å²) in [4.78, 5) is 34.6. The first-order valence-corrected chi connectivity index (χ1v) is 11.5. The van der Waals surface area contributed by atoms with Crippen LogP contribution in [0.2, 0.25) is 0 Å². The van der Waals surface area contributed by atoms with E-state index in [0.717, 1.165) is 47.9 Å². The summed E-state index contributed by atoms with van der Waals surface area (Å²) in [5, 5.41) is 6.16. The zero-order valence-electron chi connectivity index (χ0n) is 20.1. The number of piperidine rings is 1. The summed E-state index contributed by atoms with van der Waals surface area (Å²) in [6, 6.07) is 4.15. The van der Waals surface area contributed by atoms with E-state index in [-0.39, 0.29) is 28.7 Å². The Morgan fingerprint density at radius 3 is 2.50 bits per heavy atom. The van der Waals surface area contributed by atoms with Crippen LogP contribution >= 0.6 is 0 Å². The minimum Gasteiger partial charge on any atom is -0.383 e. The van der Waals surface area contributed by atoms with Gasteiger partial charge in [-0.25, -0.2) is 4.98 Å². The molecule has 3 aromatic rings. The van der Waals surface area contributed by atoms with Crippen LogP contribution in [-0.4, -0.2) is 26.5 Å². The largest absolute Gasteiger partial charge is 0.416 e. The number of nitrogen functional groups attached to an aromatic ring is 1. The second kappa shape index (κ2) is 9.73. The fourth-order valence-electron chi connectivity index (χ4n) is 4.65. The first-order valence-electron chi connectivity index (χ1n) is 11.5. The van der Waals surface area contributed by atoms with Crippen molar-refractivity contribution in [2.45, 2.75) is 58.3 Å². The van der Waals surface area contributed by atoms with Crippen LogP contribution in [0.25, 0.3) is 5.69 Å². The molecule has 1 aliphatic rings. The number of benzene rings is 1. The van der Waals surface area contributed by atoms with E-state index < -0.39 is 28.8 Å². The van der Waals surface area contributed by atoms with Crippen LogP contribution in [0.4, 0.5) is 24.7 Å². The Bertz CT molecular complexity index is 1350. The molecule has 1 saturated heterocycles. The summed E-state index contributed by atoms with van der Waals surface area (Å²) in [5.41, 5.74) is 5.75. The molecule has 4 N–H and O–H groups in total. The van der Waals surface area contributed by atoms with Crippen molar-refractivity contribution in [3.05, 3.63) is 75.1 Å². The molecular formula is C25H27F3N6O2. The average molecular weight is 501 g/mol. The molecule has 36 heavy (non-hydrogen) atoms. The number of nitrogens with two attached hydrogens (primary N) is 1. The summed E-state index contributed by atoms with van der Waals surface area (Å²) in [6.45, 7) is 5.02. The maximum atomic E-state index is 13.3. The Balaban J connectivity index is 1.67. The number of nitrogens with zero attached hydrogens (tertiary/aromatic N) is 3. The standard InChI is InChI=1S/C25H27F3N6O2/c1-13-7-17(25(26,27)28)8-14(2)21(13)34-12-31-22(29)20(24(34)36)23(35)33-18-9-16(10-30-11-18)19-6-4-5-15(3)32-19/h7-12,15,19,32H,4-6,29H2,1-3H3,(H,33,35)/t15-,19-/m1/s1. The van der Waals surface area contributed by atoms with E-state index in [2.05, 4.69) is 27.5 Å². The summed E-state index contributed by atoms with van der Waals surface area (Å²) in [5.74, 6) is -1.08. The summed E-state index contributed by atoms with van der Waals surface area (Å²) in [7, 11) is 0. The summed E-state index contributed by atoms with van der Waals surface area (Å²) >= 11 is 0. The maximum absolute atomic E-state index is 13.3. The van der Waals surface area contributed by atoms with Gasteiger partial charge in [0.1, 0.15) is 17.7 Å². The van der Waals surface area contributed by atoms with Crippen molar-refractivity contribution in [3.8, 4) is 5.69 Å². The van der Waals surface area contributed by atoms with Crippen LogP contribution in [0.15, 0.2) is 41.7 Å². The van der Waals surface area contributed by atoms with E-state index in [1.165, 1.54) is 20.0 Å². The van der Waals surface area contributed by atoms with E-state index in [0.29, 0.717) is 11.7 Å². The highest BCUT2D eigenvalue weighted by atomic mass is 19.4. The van der Waals surface area contributed by atoms with Gasteiger partial charge in [0, 0.05) is 18.3 Å². The van der Waals surface area contributed by atoms with E-state index >= 15 is 0 Å². The highest BCUT2D eigenvalue weighted by molar-refractivity contribution is 6.06.